The molecule has 3 atom stereocenters. The standard InChI is InChI=1S/C14H26N2/c1-5-8-13(6-2)16-10-9-14(15-7-3)12(4)11-16/h1,12-15H,6-11H2,2-4H3. The van der Waals surface area contributed by atoms with E-state index in [4.69, 9.17) is 6.42 Å². The van der Waals surface area contributed by atoms with Crippen molar-refractivity contribution in [1.29, 1.82) is 0 Å². The predicted octanol–water partition coefficient (Wildman–Crippen LogP) is 2.11. The third kappa shape index (κ3) is 3.50. The summed E-state index contributed by atoms with van der Waals surface area (Å²) >= 11 is 0. The third-order valence-electron chi connectivity index (χ3n) is 3.74. The van der Waals surface area contributed by atoms with Crippen molar-refractivity contribution in [2.45, 2.75) is 52.1 Å². The molecule has 1 fully saturated rings. The molecule has 0 amide bonds. The molecule has 0 aromatic rings. The first kappa shape index (κ1) is 13.5. The van der Waals surface area contributed by atoms with Gasteiger partial charge in [-0.25, -0.2) is 0 Å². The minimum atomic E-state index is 0.593. The lowest BCUT2D eigenvalue weighted by Crippen LogP contribution is -2.51. The number of piperidine rings is 1. The molecule has 1 saturated heterocycles. The Morgan fingerprint density at radius 3 is 2.75 bits per heavy atom. The zero-order chi connectivity index (χ0) is 12.0. The van der Waals surface area contributed by atoms with Gasteiger partial charge in [-0.2, -0.15) is 0 Å². The maximum absolute atomic E-state index is 5.43. The summed E-state index contributed by atoms with van der Waals surface area (Å²) in [6.45, 7) is 10.2. The average molecular weight is 222 g/mol. The van der Waals surface area contributed by atoms with Crippen LogP contribution in [0.4, 0.5) is 0 Å². The Labute approximate surface area is 101 Å². The van der Waals surface area contributed by atoms with Crippen LogP contribution in [0.15, 0.2) is 0 Å². The first-order valence-corrected chi connectivity index (χ1v) is 6.63. The minimum Gasteiger partial charge on any atom is -0.314 e. The second kappa shape index (κ2) is 6.93. The molecular weight excluding hydrogens is 196 g/mol. The van der Waals surface area contributed by atoms with E-state index >= 15 is 0 Å². The summed E-state index contributed by atoms with van der Waals surface area (Å²) in [4.78, 5) is 2.58. The summed E-state index contributed by atoms with van der Waals surface area (Å²) in [5.74, 6) is 3.55. The second-order valence-corrected chi connectivity index (χ2v) is 4.90. The van der Waals surface area contributed by atoms with E-state index in [-0.39, 0.29) is 0 Å². The molecule has 1 N–H and O–H groups in total. The van der Waals surface area contributed by atoms with E-state index in [2.05, 4.69) is 36.9 Å². The highest BCUT2D eigenvalue weighted by molar-refractivity contribution is 4.93. The first-order chi connectivity index (χ1) is 7.72. The molecule has 3 unspecified atom stereocenters. The Balaban J connectivity index is 2.46. The average Bonchev–Trinajstić information content (AvgIpc) is 2.29. The van der Waals surface area contributed by atoms with E-state index in [0.29, 0.717) is 12.1 Å². The van der Waals surface area contributed by atoms with E-state index in [1.54, 1.807) is 0 Å². The minimum absolute atomic E-state index is 0.593. The summed E-state index contributed by atoms with van der Waals surface area (Å²) in [5, 5.41) is 3.58. The molecule has 16 heavy (non-hydrogen) atoms. The van der Waals surface area contributed by atoms with Crippen LogP contribution in [0.5, 0.6) is 0 Å². The first-order valence-electron chi connectivity index (χ1n) is 6.63. The van der Waals surface area contributed by atoms with Crippen molar-refractivity contribution in [3.63, 3.8) is 0 Å². The molecule has 0 radical (unpaired) electrons. The van der Waals surface area contributed by atoms with Crippen molar-refractivity contribution < 1.29 is 0 Å². The van der Waals surface area contributed by atoms with E-state index in [1.807, 2.05) is 0 Å². The SMILES string of the molecule is C#CCC(CC)N1CCC(NCC)C(C)C1. The Kier molecular flexibility index (Phi) is 5.87. The van der Waals surface area contributed by atoms with Crippen LogP contribution in [0.3, 0.4) is 0 Å². The number of nitrogens with zero attached hydrogens (tertiary/aromatic N) is 1. The number of nitrogens with one attached hydrogen (secondary N) is 1. The quantitative estimate of drug-likeness (QED) is 0.717. The molecule has 1 aliphatic rings. The van der Waals surface area contributed by atoms with Gasteiger partial charge in [-0.15, -0.1) is 12.3 Å². The van der Waals surface area contributed by atoms with Crippen LogP contribution in [0.25, 0.3) is 0 Å². The third-order valence-corrected chi connectivity index (χ3v) is 3.74. The van der Waals surface area contributed by atoms with Crippen molar-refractivity contribution in [1.82, 2.24) is 10.2 Å². The lowest BCUT2D eigenvalue weighted by Gasteiger charge is -2.40. The monoisotopic (exact) mass is 222 g/mol. The lowest BCUT2D eigenvalue weighted by molar-refractivity contribution is 0.104. The summed E-state index contributed by atoms with van der Waals surface area (Å²) in [5.41, 5.74) is 0. The highest BCUT2D eigenvalue weighted by Gasteiger charge is 2.28. The van der Waals surface area contributed by atoms with Gasteiger partial charge < -0.3 is 5.32 Å². The van der Waals surface area contributed by atoms with Crippen molar-refractivity contribution in [3.05, 3.63) is 0 Å². The highest BCUT2D eigenvalue weighted by atomic mass is 15.2. The molecule has 0 aliphatic carbocycles. The van der Waals surface area contributed by atoms with Gasteiger partial charge in [0.25, 0.3) is 0 Å². The van der Waals surface area contributed by atoms with Crippen molar-refractivity contribution in [3.8, 4) is 12.3 Å². The van der Waals surface area contributed by atoms with Gasteiger partial charge in [0.2, 0.25) is 0 Å². The fourth-order valence-electron chi connectivity index (χ4n) is 2.74. The normalized spacial score (nSPS) is 28.6. The number of hydrogen-bond donors (Lipinski definition) is 1. The molecule has 1 rings (SSSR count). The molecule has 1 aliphatic heterocycles. The molecule has 0 bridgehead atoms. The Bertz CT molecular complexity index is 231. The summed E-state index contributed by atoms with van der Waals surface area (Å²) in [6.07, 6.45) is 8.76. The van der Waals surface area contributed by atoms with Crippen LogP contribution < -0.4 is 5.32 Å². The van der Waals surface area contributed by atoms with Crippen LogP contribution in [-0.2, 0) is 0 Å². The Hall–Kier alpha value is -0.520. The van der Waals surface area contributed by atoms with Gasteiger partial charge in [0.05, 0.1) is 0 Å². The lowest BCUT2D eigenvalue weighted by atomic mass is 9.92. The smallest absolute Gasteiger partial charge is 0.0242 e. The van der Waals surface area contributed by atoms with Crippen LogP contribution in [0, 0.1) is 18.3 Å². The van der Waals surface area contributed by atoms with Crippen LogP contribution in [0.2, 0.25) is 0 Å². The summed E-state index contributed by atoms with van der Waals surface area (Å²) in [7, 11) is 0. The Morgan fingerprint density at radius 2 is 2.25 bits per heavy atom. The molecule has 1 heterocycles. The summed E-state index contributed by atoms with van der Waals surface area (Å²) in [6, 6.07) is 1.29. The van der Waals surface area contributed by atoms with Gasteiger partial charge in [-0.3, -0.25) is 4.90 Å². The van der Waals surface area contributed by atoms with Crippen LogP contribution in [-0.4, -0.2) is 36.6 Å². The number of rotatable bonds is 5. The molecule has 0 spiro atoms. The zero-order valence-electron chi connectivity index (χ0n) is 11.0. The van der Waals surface area contributed by atoms with Gasteiger partial charge in [0.15, 0.2) is 0 Å². The number of terminal acetylenes is 1. The van der Waals surface area contributed by atoms with Gasteiger partial charge in [-0.1, -0.05) is 20.8 Å². The maximum Gasteiger partial charge on any atom is 0.0242 e. The molecule has 2 heteroatoms. The molecule has 0 saturated carbocycles. The molecule has 2 nitrogen and oxygen atoms in total. The van der Waals surface area contributed by atoms with E-state index < -0.39 is 0 Å². The van der Waals surface area contributed by atoms with Gasteiger partial charge in [0, 0.05) is 25.0 Å². The summed E-state index contributed by atoms with van der Waals surface area (Å²) < 4.78 is 0. The van der Waals surface area contributed by atoms with Crippen LogP contribution >= 0.6 is 0 Å². The van der Waals surface area contributed by atoms with Crippen molar-refractivity contribution >= 4 is 0 Å². The molecule has 0 aromatic heterocycles. The van der Waals surface area contributed by atoms with Crippen molar-refractivity contribution in [2.24, 2.45) is 5.92 Å². The molecule has 92 valence electrons. The second-order valence-electron chi connectivity index (χ2n) is 4.90. The molecule has 0 aromatic carbocycles. The Morgan fingerprint density at radius 1 is 1.50 bits per heavy atom. The predicted molar refractivity (Wildman–Crippen MR) is 70.3 cm³/mol. The van der Waals surface area contributed by atoms with E-state index in [0.717, 1.165) is 18.9 Å². The molecular formula is C14H26N2. The van der Waals surface area contributed by atoms with Crippen LogP contribution in [0.1, 0.15) is 40.0 Å². The van der Waals surface area contributed by atoms with Gasteiger partial charge >= 0.3 is 0 Å². The highest BCUT2D eigenvalue weighted by Crippen LogP contribution is 2.21. The van der Waals surface area contributed by atoms with E-state index in [9.17, 15) is 0 Å². The topological polar surface area (TPSA) is 15.3 Å². The fourth-order valence-corrected chi connectivity index (χ4v) is 2.74. The van der Waals surface area contributed by atoms with Crippen molar-refractivity contribution in [2.75, 3.05) is 19.6 Å². The largest absolute Gasteiger partial charge is 0.314 e. The van der Waals surface area contributed by atoms with Gasteiger partial charge in [0.1, 0.15) is 0 Å². The van der Waals surface area contributed by atoms with E-state index in [1.165, 1.54) is 25.9 Å². The zero-order valence-corrected chi connectivity index (χ0v) is 11.0. The number of hydrogen-bond acceptors (Lipinski definition) is 2. The van der Waals surface area contributed by atoms with Gasteiger partial charge in [-0.05, 0) is 31.8 Å². The fraction of sp³-hybridized carbons (Fsp3) is 0.857. The maximum atomic E-state index is 5.43. The number of likely N-dealkylation sites (tertiary alicyclic amines) is 1.